The molecular weight excluding hydrogens is 392 g/mol. The van der Waals surface area contributed by atoms with Gasteiger partial charge < -0.3 is 21.0 Å². The summed E-state index contributed by atoms with van der Waals surface area (Å²) in [5.74, 6) is -1.04. The standard InChI is InChI=1S/C22H28N8O/c1-12(13(2)23)20(24)22(31)28-16-8-15-9-19(29-21(15)26-10-16)18-11-27-30(14(18)3)17-4-6-25-7-5-17/h8-12,17,23-25H,4-7H2,1-3H3,(H,26,29)(H,28,31). The van der Waals surface area contributed by atoms with Crippen LogP contribution in [-0.4, -0.2) is 50.2 Å². The number of anilines is 1. The van der Waals surface area contributed by atoms with E-state index in [-0.39, 0.29) is 11.4 Å². The molecule has 5 N–H and O–H groups in total. The van der Waals surface area contributed by atoms with Crippen LogP contribution in [0.5, 0.6) is 0 Å². The molecule has 0 saturated carbocycles. The van der Waals surface area contributed by atoms with Gasteiger partial charge in [0.25, 0.3) is 5.91 Å². The average molecular weight is 421 g/mol. The third-order valence-corrected chi connectivity index (χ3v) is 6.04. The van der Waals surface area contributed by atoms with Gasteiger partial charge in [-0.15, -0.1) is 0 Å². The van der Waals surface area contributed by atoms with Gasteiger partial charge in [0.2, 0.25) is 0 Å². The predicted molar refractivity (Wildman–Crippen MR) is 122 cm³/mol. The maximum Gasteiger partial charge on any atom is 0.270 e. The normalized spacial score (nSPS) is 15.7. The molecule has 31 heavy (non-hydrogen) atoms. The third-order valence-electron chi connectivity index (χ3n) is 6.04. The van der Waals surface area contributed by atoms with Crippen LogP contribution in [0, 0.1) is 23.7 Å². The number of fused-ring (bicyclic) bond motifs is 1. The second kappa shape index (κ2) is 8.43. The largest absolute Gasteiger partial charge is 0.339 e. The van der Waals surface area contributed by atoms with Gasteiger partial charge in [0.05, 0.1) is 29.8 Å². The predicted octanol–water partition coefficient (Wildman–Crippen LogP) is 3.29. The molecular formula is C22H28N8O. The number of aromatic nitrogens is 4. The summed E-state index contributed by atoms with van der Waals surface area (Å²) in [5.41, 5.74) is 4.48. The molecule has 0 spiro atoms. The van der Waals surface area contributed by atoms with E-state index in [1.807, 2.05) is 18.3 Å². The van der Waals surface area contributed by atoms with E-state index in [1.165, 1.54) is 0 Å². The number of nitrogens with one attached hydrogen (secondary N) is 5. The molecule has 3 aromatic rings. The lowest BCUT2D eigenvalue weighted by Crippen LogP contribution is -2.30. The number of amides is 1. The number of carbonyl (C=O) groups is 1. The molecule has 1 atom stereocenters. The Labute approximate surface area is 180 Å². The van der Waals surface area contributed by atoms with Crippen LogP contribution in [-0.2, 0) is 4.79 Å². The van der Waals surface area contributed by atoms with E-state index in [2.05, 4.69) is 37.3 Å². The zero-order valence-electron chi connectivity index (χ0n) is 18.0. The Balaban J connectivity index is 1.56. The molecule has 1 aliphatic heterocycles. The molecule has 4 heterocycles. The first-order valence-electron chi connectivity index (χ1n) is 10.5. The summed E-state index contributed by atoms with van der Waals surface area (Å²) in [6, 6.07) is 4.26. The summed E-state index contributed by atoms with van der Waals surface area (Å²) in [6.07, 6.45) is 5.61. The van der Waals surface area contributed by atoms with Crippen LogP contribution in [0.25, 0.3) is 22.3 Å². The molecule has 1 amide bonds. The Morgan fingerprint density at radius 3 is 2.71 bits per heavy atom. The highest BCUT2D eigenvalue weighted by Crippen LogP contribution is 2.30. The SMILES string of the molecule is CC(=N)C(C)C(=N)C(=O)Nc1cnc2[nH]c(-c3cnn(C4CCNCC4)c3C)cc2c1. The van der Waals surface area contributed by atoms with Crippen molar-refractivity contribution < 1.29 is 4.79 Å². The van der Waals surface area contributed by atoms with E-state index in [1.54, 1.807) is 20.0 Å². The van der Waals surface area contributed by atoms with Gasteiger partial charge >= 0.3 is 0 Å². The summed E-state index contributed by atoms with van der Waals surface area (Å²) in [5, 5.41) is 27.2. The van der Waals surface area contributed by atoms with E-state index in [0.29, 0.717) is 11.7 Å². The first kappa shape index (κ1) is 20.9. The van der Waals surface area contributed by atoms with Gasteiger partial charge in [-0.1, -0.05) is 6.92 Å². The Kier molecular flexibility index (Phi) is 5.69. The fourth-order valence-electron chi connectivity index (χ4n) is 3.95. The molecule has 1 unspecified atom stereocenters. The van der Waals surface area contributed by atoms with Crippen LogP contribution in [0.1, 0.15) is 38.4 Å². The van der Waals surface area contributed by atoms with Gasteiger partial charge in [-0.05, 0) is 51.9 Å². The molecule has 1 fully saturated rings. The topological polar surface area (TPSA) is 135 Å². The fourth-order valence-corrected chi connectivity index (χ4v) is 3.95. The lowest BCUT2D eigenvalue weighted by Gasteiger charge is -2.24. The van der Waals surface area contributed by atoms with E-state index >= 15 is 0 Å². The summed E-state index contributed by atoms with van der Waals surface area (Å²) in [4.78, 5) is 20.1. The van der Waals surface area contributed by atoms with Crippen molar-refractivity contribution in [1.29, 1.82) is 10.8 Å². The molecule has 1 saturated heterocycles. The minimum absolute atomic E-state index is 0.136. The van der Waals surface area contributed by atoms with Gasteiger partial charge in [-0.3, -0.25) is 14.9 Å². The molecule has 0 aliphatic carbocycles. The molecule has 162 valence electrons. The maximum atomic E-state index is 12.3. The number of pyridine rings is 1. The van der Waals surface area contributed by atoms with E-state index in [9.17, 15) is 4.79 Å². The molecule has 3 aromatic heterocycles. The summed E-state index contributed by atoms with van der Waals surface area (Å²) in [7, 11) is 0. The van der Waals surface area contributed by atoms with Gasteiger partial charge in [-0.25, -0.2) is 4.98 Å². The van der Waals surface area contributed by atoms with Crippen molar-refractivity contribution in [1.82, 2.24) is 25.1 Å². The monoisotopic (exact) mass is 420 g/mol. The van der Waals surface area contributed by atoms with Crippen molar-refractivity contribution in [2.75, 3.05) is 18.4 Å². The Morgan fingerprint density at radius 1 is 1.26 bits per heavy atom. The van der Waals surface area contributed by atoms with Crippen molar-refractivity contribution in [3.8, 4) is 11.3 Å². The van der Waals surface area contributed by atoms with Crippen LogP contribution in [0.4, 0.5) is 5.69 Å². The molecule has 0 aromatic carbocycles. The van der Waals surface area contributed by atoms with Crippen molar-refractivity contribution in [3.63, 3.8) is 0 Å². The number of hydrogen-bond donors (Lipinski definition) is 5. The number of rotatable bonds is 6. The molecule has 9 heteroatoms. The maximum absolute atomic E-state index is 12.3. The van der Waals surface area contributed by atoms with Crippen molar-refractivity contribution in [2.24, 2.45) is 5.92 Å². The number of nitrogens with zero attached hydrogens (tertiary/aromatic N) is 3. The number of hydrogen-bond acceptors (Lipinski definition) is 6. The highest BCUT2D eigenvalue weighted by Gasteiger charge is 2.21. The van der Waals surface area contributed by atoms with E-state index in [4.69, 9.17) is 10.8 Å². The molecule has 4 rings (SSSR count). The summed E-state index contributed by atoms with van der Waals surface area (Å²) < 4.78 is 2.12. The minimum Gasteiger partial charge on any atom is -0.339 e. The average Bonchev–Trinajstić information content (AvgIpc) is 3.35. The zero-order chi connectivity index (χ0) is 22.1. The second-order valence-corrected chi connectivity index (χ2v) is 8.19. The van der Waals surface area contributed by atoms with Gasteiger partial charge in [0, 0.05) is 28.3 Å². The van der Waals surface area contributed by atoms with Crippen molar-refractivity contribution in [3.05, 3.63) is 30.2 Å². The van der Waals surface area contributed by atoms with Crippen LogP contribution in [0.2, 0.25) is 0 Å². The highest BCUT2D eigenvalue weighted by atomic mass is 16.1. The first-order valence-corrected chi connectivity index (χ1v) is 10.5. The first-order chi connectivity index (χ1) is 14.8. The molecule has 0 bridgehead atoms. The number of H-pyrrole nitrogens is 1. The number of piperidine rings is 1. The lowest BCUT2D eigenvalue weighted by molar-refractivity contribution is -0.110. The molecule has 0 radical (unpaired) electrons. The Morgan fingerprint density at radius 2 is 2.00 bits per heavy atom. The highest BCUT2D eigenvalue weighted by molar-refractivity contribution is 6.45. The lowest BCUT2D eigenvalue weighted by atomic mass is 10.0. The van der Waals surface area contributed by atoms with Crippen LogP contribution < -0.4 is 10.6 Å². The van der Waals surface area contributed by atoms with Gasteiger partial charge in [0.15, 0.2) is 0 Å². The van der Waals surface area contributed by atoms with Crippen molar-refractivity contribution in [2.45, 2.75) is 39.7 Å². The third kappa shape index (κ3) is 4.13. The quantitative estimate of drug-likeness (QED) is 0.391. The minimum atomic E-state index is -0.519. The smallest absolute Gasteiger partial charge is 0.270 e. The number of carbonyl (C=O) groups excluding carboxylic acids is 1. The van der Waals surface area contributed by atoms with Crippen LogP contribution in [0.3, 0.4) is 0 Å². The van der Waals surface area contributed by atoms with Gasteiger partial charge in [-0.2, -0.15) is 5.10 Å². The van der Waals surface area contributed by atoms with Crippen molar-refractivity contribution >= 4 is 34.1 Å². The Hall–Kier alpha value is -3.33. The zero-order valence-corrected chi connectivity index (χ0v) is 18.0. The Bertz CT molecular complexity index is 1150. The van der Waals surface area contributed by atoms with Crippen LogP contribution >= 0.6 is 0 Å². The molecule has 9 nitrogen and oxygen atoms in total. The van der Waals surface area contributed by atoms with Crippen LogP contribution in [0.15, 0.2) is 24.5 Å². The second-order valence-electron chi connectivity index (χ2n) is 8.19. The summed E-state index contributed by atoms with van der Waals surface area (Å²) in [6.45, 7) is 7.39. The van der Waals surface area contributed by atoms with Gasteiger partial charge in [0.1, 0.15) is 11.4 Å². The molecule has 1 aliphatic rings. The fraction of sp³-hybridized carbons (Fsp3) is 0.409. The van der Waals surface area contributed by atoms with E-state index < -0.39 is 11.8 Å². The summed E-state index contributed by atoms with van der Waals surface area (Å²) >= 11 is 0. The van der Waals surface area contributed by atoms with E-state index in [0.717, 1.165) is 53.9 Å². The number of aromatic amines is 1.